The molecule has 0 bridgehead atoms. The van der Waals surface area contributed by atoms with Crippen molar-refractivity contribution in [2.45, 2.75) is 0 Å². The van der Waals surface area contributed by atoms with Crippen LogP contribution in [0.3, 0.4) is 0 Å². The van der Waals surface area contributed by atoms with E-state index in [9.17, 15) is 19.2 Å². The zero-order valence-corrected chi connectivity index (χ0v) is 20.0. The van der Waals surface area contributed by atoms with Crippen LogP contribution in [0.4, 0.5) is 5.69 Å². The zero-order valence-electron chi connectivity index (χ0n) is 17.0. The molecule has 33 heavy (non-hydrogen) atoms. The Hall–Kier alpha value is -2.72. The number of rotatable bonds is 7. The van der Waals surface area contributed by atoms with Gasteiger partial charge in [-0.25, -0.2) is 0 Å². The molecule has 2 aromatic carbocycles. The highest BCUT2D eigenvalue weighted by atomic mass is 35.5. The predicted octanol–water partition coefficient (Wildman–Crippen LogP) is 4.10. The monoisotopic (exact) mass is 534 g/mol. The number of nitrogens with one attached hydrogen (secondary N) is 1. The van der Waals surface area contributed by atoms with E-state index in [4.69, 9.17) is 60.6 Å². The molecule has 3 amide bonds. The molecule has 1 aliphatic heterocycles. The average Bonchev–Trinajstić information content (AvgIpc) is 3.04. The first-order chi connectivity index (χ1) is 15.6. The van der Waals surface area contributed by atoms with Crippen LogP contribution < -0.4 is 14.8 Å². The fourth-order valence-electron chi connectivity index (χ4n) is 2.96. The van der Waals surface area contributed by atoms with Gasteiger partial charge in [0.2, 0.25) is 0 Å². The van der Waals surface area contributed by atoms with Crippen LogP contribution in [0, 0.1) is 0 Å². The molecule has 1 aliphatic rings. The van der Waals surface area contributed by atoms with Gasteiger partial charge >= 0.3 is 5.97 Å². The van der Waals surface area contributed by atoms with Crippen LogP contribution in [0.2, 0.25) is 20.1 Å². The highest BCUT2D eigenvalue weighted by Crippen LogP contribution is 2.44. The molecule has 0 aromatic heterocycles. The van der Waals surface area contributed by atoms with Crippen molar-refractivity contribution >= 4 is 75.8 Å². The Kier molecular flexibility index (Phi) is 7.58. The van der Waals surface area contributed by atoms with Gasteiger partial charge in [0.25, 0.3) is 17.7 Å². The number of benzene rings is 2. The summed E-state index contributed by atoms with van der Waals surface area (Å²) in [5, 5.41) is 1.59. The molecule has 2 aromatic rings. The molecule has 0 fully saturated rings. The maximum atomic E-state index is 12.6. The number of carbonyl (C=O) groups is 4. The van der Waals surface area contributed by atoms with E-state index in [0.717, 1.165) is 0 Å². The number of halogens is 4. The molecule has 0 saturated carbocycles. The lowest BCUT2D eigenvalue weighted by atomic mass is 10.1. The van der Waals surface area contributed by atoms with Crippen molar-refractivity contribution in [3.8, 4) is 11.5 Å². The summed E-state index contributed by atoms with van der Waals surface area (Å²) in [6.45, 7) is -1.48. The molecule has 0 spiro atoms. The van der Waals surface area contributed by atoms with Gasteiger partial charge in [0.1, 0.15) is 18.0 Å². The summed E-state index contributed by atoms with van der Waals surface area (Å²) in [4.78, 5) is 50.3. The third-order valence-electron chi connectivity index (χ3n) is 4.52. The average molecular weight is 536 g/mol. The number of anilines is 1. The number of ether oxygens (including phenoxy) is 3. The summed E-state index contributed by atoms with van der Waals surface area (Å²) in [5.74, 6) is -2.70. The van der Waals surface area contributed by atoms with Crippen molar-refractivity contribution in [2.75, 3.05) is 32.7 Å². The first-order valence-corrected chi connectivity index (χ1v) is 10.5. The van der Waals surface area contributed by atoms with Gasteiger partial charge in [-0.3, -0.25) is 24.1 Å². The van der Waals surface area contributed by atoms with Crippen molar-refractivity contribution < 1.29 is 33.4 Å². The second-order valence-corrected chi connectivity index (χ2v) is 7.99. The zero-order chi connectivity index (χ0) is 24.4. The molecule has 174 valence electrons. The molecule has 0 radical (unpaired) electrons. The Morgan fingerprint density at radius 3 is 2.00 bits per heavy atom. The van der Waals surface area contributed by atoms with E-state index in [2.05, 4.69) is 5.32 Å². The largest absolute Gasteiger partial charge is 0.497 e. The van der Waals surface area contributed by atoms with Crippen LogP contribution in [0.5, 0.6) is 11.5 Å². The molecule has 0 unspecified atom stereocenters. The minimum absolute atomic E-state index is 0.197. The summed E-state index contributed by atoms with van der Waals surface area (Å²) < 4.78 is 15.1. The van der Waals surface area contributed by atoms with E-state index in [-0.39, 0.29) is 36.9 Å². The molecule has 0 aliphatic carbocycles. The second-order valence-electron chi connectivity index (χ2n) is 6.48. The molecule has 0 atom stereocenters. The van der Waals surface area contributed by atoms with Gasteiger partial charge in [-0.15, -0.1) is 0 Å². The van der Waals surface area contributed by atoms with E-state index in [1.807, 2.05) is 0 Å². The molecule has 13 heteroatoms. The first-order valence-electron chi connectivity index (χ1n) is 9.00. The standard InChI is InChI=1S/C20H14Cl4N2O7/c1-31-8-3-4-10(32-2)9(5-8)25-11(27)7-33-12(28)6-26-19(29)13-14(20(26)30)16(22)18(24)17(23)15(13)21/h3-5H,6-7H2,1-2H3,(H,25,27). The minimum atomic E-state index is -1.03. The number of carbonyl (C=O) groups excluding carboxylic acids is 4. The third kappa shape index (κ3) is 4.81. The number of fused-ring (bicyclic) bond motifs is 1. The third-order valence-corrected chi connectivity index (χ3v) is 6.32. The van der Waals surface area contributed by atoms with Crippen molar-refractivity contribution in [1.29, 1.82) is 0 Å². The van der Waals surface area contributed by atoms with E-state index in [1.54, 1.807) is 12.1 Å². The molecule has 1 N–H and O–H groups in total. The van der Waals surface area contributed by atoms with Crippen LogP contribution in [-0.2, 0) is 14.3 Å². The Morgan fingerprint density at radius 1 is 0.909 bits per heavy atom. The van der Waals surface area contributed by atoms with Gasteiger partial charge in [0, 0.05) is 6.07 Å². The van der Waals surface area contributed by atoms with E-state index in [0.29, 0.717) is 16.4 Å². The molecular formula is C20H14Cl4N2O7. The van der Waals surface area contributed by atoms with Crippen molar-refractivity contribution in [1.82, 2.24) is 4.90 Å². The molecule has 3 rings (SSSR count). The van der Waals surface area contributed by atoms with Crippen LogP contribution in [0.25, 0.3) is 0 Å². The van der Waals surface area contributed by atoms with Crippen LogP contribution >= 0.6 is 46.4 Å². The van der Waals surface area contributed by atoms with Crippen molar-refractivity contribution in [3.63, 3.8) is 0 Å². The number of nitrogens with zero attached hydrogens (tertiary/aromatic N) is 1. The van der Waals surface area contributed by atoms with Gasteiger partial charge in [-0.05, 0) is 12.1 Å². The first kappa shape index (κ1) is 24.9. The number of esters is 1. The predicted molar refractivity (Wildman–Crippen MR) is 121 cm³/mol. The number of amides is 3. The van der Waals surface area contributed by atoms with Crippen LogP contribution in [0.1, 0.15) is 20.7 Å². The fraction of sp³-hybridized carbons (Fsp3) is 0.200. The lowest BCUT2D eigenvalue weighted by Gasteiger charge is -2.14. The number of imide groups is 1. The summed E-state index contributed by atoms with van der Waals surface area (Å²) in [5.41, 5.74) is -0.246. The molecule has 9 nitrogen and oxygen atoms in total. The number of methoxy groups -OCH3 is 2. The normalized spacial score (nSPS) is 12.5. The topological polar surface area (TPSA) is 111 Å². The Bertz CT molecular complexity index is 1140. The lowest BCUT2D eigenvalue weighted by Crippen LogP contribution is -2.36. The summed E-state index contributed by atoms with van der Waals surface area (Å²) in [7, 11) is 2.87. The molecule has 0 saturated heterocycles. The van der Waals surface area contributed by atoms with Gasteiger partial charge in [0.05, 0.1) is 51.1 Å². The maximum absolute atomic E-state index is 12.6. The minimum Gasteiger partial charge on any atom is -0.497 e. The SMILES string of the molecule is COc1ccc(OC)c(NC(=O)COC(=O)CN2C(=O)c3c(Cl)c(Cl)c(Cl)c(Cl)c3C2=O)c1. The van der Waals surface area contributed by atoms with E-state index >= 15 is 0 Å². The number of hydrogen-bond acceptors (Lipinski definition) is 7. The second kappa shape index (κ2) is 10.0. The smallest absolute Gasteiger partial charge is 0.326 e. The van der Waals surface area contributed by atoms with Crippen LogP contribution in [-0.4, -0.2) is 56.0 Å². The highest BCUT2D eigenvalue weighted by molar-refractivity contribution is 6.55. The van der Waals surface area contributed by atoms with E-state index in [1.165, 1.54) is 20.3 Å². The summed E-state index contributed by atoms with van der Waals surface area (Å²) in [6.07, 6.45) is 0. The maximum Gasteiger partial charge on any atom is 0.326 e. The van der Waals surface area contributed by atoms with Gasteiger partial charge in [-0.1, -0.05) is 46.4 Å². The van der Waals surface area contributed by atoms with Crippen LogP contribution in [0.15, 0.2) is 18.2 Å². The molecular weight excluding hydrogens is 522 g/mol. The fourth-order valence-corrected chi connectivity index (χ4v) is 3.97. The van der Waals surface area contributed by atoms with Gasteiger partial charge < -0.3 is 19.5 Å². The molecule has 1 heterocycles. The summed E-state index contributed by atoms with van der Waals surface area (Å²) >= 11 is 24.0. The van der Waals surface area contributed by atoms with Crippen molar-refractivity contribution in [3.05, 3.63) is 49.4 Å². The van der Waals surface area contributed by atoms with Crippen molar-refractivity contribution in [2.24, 2.45) is 0 Å². The van der Waals surface area contributed by atoms with Gasteiger partial charge in [-0.2, -0.15) is 0 Å². The Morgan fingerprint density at radius 2 is 1.48 bits per heavy atom. The van der Waals surface area contributed by atoms with Gasteiger partial charge in [0.15, 0.2) is 6.61 Å². The quantitative estimate of drug-likeness (QED) is 0.246. The Labute approximate surface area is 207 Å². The Balaban J connectivity index is 1.66. The summed E-state index contributed by atoms with van der Waals surface area (Å²) in [6, 6.07) is 4.73. The van der Waals surface area contributed by atoms with E-state index < -0.39 is 36.8 Å². The highest BCUT2D eigenvalue weighted by Gasteiger charge is 2.42. The number of hydrogen-bond donors (Lipinski definition) is 1. The lowest BCUT2D eigenvalue weighted by molar-refractivity contribution is -0.147.